The van der Waals surface area contributed by atoms with Crippen molar-refractivity contribution in [3.05, 3.63) is 16.1 Å². The van der Waals surface area contributed by atoms with Gasteiger partial charge in [0.25, 0.3) is 5.91 Å². The summed E-state index contributed by atoms with van der Waals surface area (Å²) in [6, 6.07) is -0.369. The highest BCUT2D eigenvalue weighted by atomic mass is 32.2. The van der Waals surface area contributed by atoms with Crippen LogP contribution in [0.25, 0.3) is 0 Å². The van der Waals surface area contributed by atoms with Gasteiger partial charge >= 0.3 is 0 Å². The Kier molecular flexibility index (Phi) is 4.42. The number of nitrogens with two attached hydrogens (primary N) is 1. The van der Waals surface area contributed by atoms with E-state index in [4.69, 9.17) is 12.2 Å². The fourth-order valence-electron chi connectivity index (χ4n) is 2.14. The molecule has 1 aliphatic rings. The second kappa shape index (κ2) is 5.91. The lowest BCUT2D eigenvalue weighted by Crippen LogP contribution is -2.41. The smallest absolute Gasteiger partial charge is 0.274 e. The highest BCUT2D eigenvalue weighted by Gasteiger charge is 2.35. The van der Waals surface area contributed by atoms with Crippen LogP contribution in [0.1, 0.15) is 21.9 Å². The first kappa shape index (κ1) is 15.0. The predicted octanol–water partition coefficient (Wildman–Crippen LogP) is -0.136. The van der Waals surface area contributed by atoms with E-state index in [1.165, 1.54) is 16.2 Å². The summed E-state index contributed by atoms with van der Waals surface area (Å²) in [4.78, 5) is 17.9. The summed E-state index contributed by atoms with van der Waals surface area (Å²) < 4.78 is 23.1. The number of amides is 1. The number of carbonyl (C=O) groups excluding carboxylic acids is 1. The number of hydrogen-bond donors (Lipinski definition) is 1. The van der Waals surface area contributed by atoms with Gasteiger partial charge in [-0.15, -0.1) is 17.8 Å². The highest BCUT2D eigenvalue weighted by molar-refractivity contribution is 7.91. The van der Waals surface area contributed by atoms with Crippen LogP contribution in [-0.4, -0.2) is 48.3 Å². The minimum absolute atomic E-state index is 0.0334. The molecule has 1 atom stereocenters. The van der Waals surface area contributed by atoms with Gasteiger partial charge in [0.1, 0.15) is 10.7 Å². The fourth-order valence-corrected chi connectivity index (χ4v) is 4.52. The zero-order valence-electron chi connectivity index (χ0n) is 10.8. The van der Waals surface area contributed by atoms with Crippen molar-refractivity contribution >= 4 is 27.1 Å². The Hall–Kier alpha value is -1.43. The number of aromatic nitrogens is 1. The third-order valence-electron chi connectivity index (χ3n) is 3.12. The molecule has 1 aromatic heterocycles. The van der Waals surface area contributed by atoms with Gasteiger partial charge in [-0.2, -0.15) is 0 Å². The molecule has 0 bridgehead atoms. The van der Waals surface area contributed by atoms with Gasteiger partial charge in [-0.1, -0.05) is 5.92 Å². The molecular formula is C12H15N3O3S2. The molecule has 1 unspecified atom stereocenters. The SMILES string of the molecule is C#CCN(C(=O)c1csc(CN)n1)C1CCS(=O)(=O)C1. The van der Waals surface area contributed by atoms with Gasteiger partial charge in [0.05, 0.1) is 18.1 Å². The van der Waals surface area contributed by atoms with E-state index in [2.05, 4.69) is 10.9 Å². The molecule has 6 nitrogen and oxygen atoms in total. The van der Waals surface area contributed by atoms with Crippen LogP contribution in [0, 0.1) is 12.3 Å². The molecule has 1 fully saturated rings. The topological polar surface area (TPSA) is 93.4 Å². The summed E-state index contributed by atoms with van der Waals surface area (Å²) in [6.07, 6.45) is 5.70. The predicted molar refractivity (Wildman–Crippen MR) is 76.9 cm³/mol. The summed E-state index contributed by atoms with van der Waals surface area (Å²) in [7, 11) is -3.07. The second-order valence-corrected chi connectivity index (χ2v) is 7.70. The van der Waals surface area contributed by atoms with E-state index in [0.717, 1.165) is 0 Å². The molecule has 1 saturated heterocycles. The van der Waals surface area contributed by atoms with E-state index < -0.39 is 9.84 Å². The number of rotatable bonds is 4. The summed E-state index contributed by atoms with van der Waals surface area (Å²) in [5, 5.41) is 2.28. The largest absolute Gasteiger partial charge is 0.325 e. The molecule has 1 amide bonds. The fraction of sp³-hybridized carbons (Fsp3) is 0.500. The van der Waals surface area contributed by atoms with Crippen molar-refractivity contribution in [2.45, 2.75) is 19.0 Å². The Morgan fingerprint density at radius 3 is 2.90 bits per heavy atom. The van der Waals surface area contributed by atoms with Crippen LogP contribution < -0.4 is 5.73 Å². The van der Waals surface area contributed by atoms with E-state index in [-0.39, 0.29) is 42.2 Å². The van der Waals surface area contributed by atoms with Crippen LogP contribution in [0.3, 0.4) is 0 Å². The minimum atomic E-state index is -3.07. The van der Waals surface area contributed by atoms with E-state index in [0.29, 0.717) is 11.4 Å². The van der Waals surface area contributed by atoms with Gasteiger partial charge in [-0.05, 0) is 6.42 Å². The average Bonchev–Trinajstić information content (AvgIpc) is 3.01. The molecule has 2 rings (SSSR count). The van der Waals surface area contributed by atoms with Crippen LogP contribution in [0.5, 0.6) is 0 Å². The van der Waals surface area contributed by atoms with E-state index in [1.54, 1.807) is 5.38 Å². The third kappa shape index (κ3) is 3.17. The lowest BCUT2D eigenvalue weighted by molar-refractivity contribution is 0.0719. The van der Waals surface area contributed by atoms with Crippen molar-refractivity contribution in [3.8, 4) is 12.3 Å². The Labute approximate surface area is 121 Å². The molecule has 0 aliphatic carbocycles. The Morgan fingerprint density at radius 2 is 2.40 bits per heavy atom. The van der Waals surface area contributed by atoms with Crippen LogP contribution >= 0.6 is 11.3 Å². The van der Waals surface area contributed by atoms with Crippen LogP contribution in [-0.2, 0) is 16.4 Å². The standard InChI is InChI=1S/C12H15N3O3S2/c1-2-4-15(9-3-5-20(17,18)8-9)12(16)10-7-19-11(6-13)14-10/h1,7,9H,3-6,8,13H2. The van der Waals surface area contributed by atoms with Gasteiger partial charge in [0.15, 0.2) is 9.84 Å². The molecule has 8 heteroatoms. The number of thiazole rings is 1. The zero-order valence-corrected chi connectivity index (χ0v) is 12.4. The van der Waals surface area contributed by atoms with Crippen LogP contribution in [0.15, 0.2) is 5.38 Å². The van der Waals surface area contributed by atoms with Crippen molar-refractivity contribution < 1.29 is 13.2 Å². The van der Waals surface area contributed by atoms with Crippen molar-refractivity contribution in [1.29, 1.82) is 0 Å². The second-order valence-electron chi connectivity index (χ2n) is 4.52. The van der Waals surface area contributed by atoms with Crippen LogP contribution in [0.2, 0.25) is 0 Å². The van der Waals surface area contributed by atoms with E-state index in [1.807, 2.05) is 0 Å². The third-order valence-corrected chi connectivity index (χ3v) is 5.74. The van der Waals surface area contributed by atoms with Crippen molar-refractivity contribution in [2.75, 3.05) is 18.1 Å². The minimum Gasteiger partial charge on any atom is -0.325 e. The normalized spacial score (nSPS) is 20.5. The van der Waals surface area contributed by atoms with Crippen molar-refractivity contribution in [3.63, 3.8) is 0 Å². The molecule has 0 saturated carbocycles. The van der Waals surface area contributed by atoms with Gasteiger partial charge < -0.3 is 10.6 Å². The average molecular weight is 313 g/mol. The molecule has 0 radical (unpaired) electrons. The number of carbonyl (C=O) groups is 1. The summed E-state index contributed by atoms with van der Waals surface area (Å²) in [5.41, 5.74) is 5.74. The van der Waals surface area contributed by atoms with Crippen molar-refractivity contribution in [2.24, 2.45) is 5.73 Å². The maximum Gasteiger partial charge on any atom is 0.274 e. The molecule has 2 N–H and O–H groups in total. The lowest BCUT2D eigenvalue weighted by Gasteiger charge is -2.25. The van der Waals surface area contributed by atoms with Gasteiger partial charge in [0.2, 0.25) is 0 Å². The van der Waals surface area contributed by atoms with Gasteiger partial charge in [-0.25, -0.2) is 13.4 Å². The quantitative estimate of drug-likeness (QED) is 0.781. The van der Waals surface area contributed by atoms with E-state index in [9.17, 15) is 13.2 Å². The lowest BCUT2D eigenvalue weighted by atomic mass is 10.2. The Morgan fingerprint density at radius 1 is 1.65 bits per heavy atom. The number of nitrogens with zero attached hydrogens (tertiary/aromatic N) is 2. The molecule has 1 aromatic rings. The van der Waals surface area contributed by atoms with Crippen LogP contribution in [0.4, 0.5) is 0 Å². The first-order valence-corrected chi connectivity index (χ1v) is 8.76. The molecule has 1 aliphatic heterocycles. The molecular weight excluding hydrogens is 298 g/mol. The summed E-state index contributed by atoms with van der Waals surface area (Å²) >= 11 is 1.30. The number of sulfone groups is 1. The molecule has 0 aromatic carbocycles. The molecule has 2 heterocycles. The first-order chi connectivity index (χ1) is 9.46. The van der Waals surface area contributed by atoms with Crippen molar-refractivity contribution in [1.82, 2.24) is 9.88 Å². The summed E-state index contributed by atoms with van der Waals surface area (Å²) in [5.74, 6) is 2.13. The maximum absolute atomic E-state index is 12.4. The monoisotopic (exact) mass is 313 g/mol. The maximum atomic E-state index is 12.4. The molecule has 0 spiro atoms. The first-order valence-electron chi connectivity index (χ1n) is 6.06. The number of hydrogen-bond acceptors (Lipinski definition) is 6. The molecule has 20 heavy (non-hydrogen) atoms. The number of terminal acetylenes is 1. The Bertz CT molecular complexity index is 645. The summed E-state index contributed by atoms with van der Waals surface area (Å²) in [6.45, 7) is 0.347. The van der Waals surface area contributed by atoms with Gasteiger partial charge in [0, 0.05) is 18.0 Å². The van der Waals surface area contributed by atoms with Gasteiger partial charge in [-0.3, -0.25) is 4.79 Å². The Balaban J connectivity index is 2.20. The molecule has 108 valence electrons. The zero-order chi connectivity index (χ0) is 14.8. The highest BCUT2D eigenvalue weighted by Crippen LogP contribution is 2.20. The van der Waals surface area contributed by atoms with E-state index >= 15 is 0 Å².